The Morgan fingerprint density at radius 2 is 2.17 bits per heavy atom. The minimum absolute atomic E-state index is 0.208. The molecule has 4 nitrogen and oxygen atoms in total. The van der Waals surface area contributed by atoms with Crippen molar-refractivity contribution in [1.82, 2.24) is 0 Å². The Morgan fingerprint density at radius 1 is 1.44 bits per heavy atom. The lowest BCUT2D eigenvalue weighted by molar-refractivity contribution is -0.169. The molecule has 0 N–H and O–H groups in total. The molecule has 2 rings (SSSR count). The highest BCUT2D eigenvalue weighted by Crippen LogP contribution is 2.35. The van der Waals surface area contributed by atoms with Gasteiger partial charge in [-0.2, -0.15) is 0 Å². The average molecular weight is 250 g/mol. The number of aryl methyl sites for hydroxylation is 1. The number of benzene rings is 1. The zero-order valence-electron chi connectivity index (χ0n) is 11.0. The Kier molecular flexibility index (Phi) is 3.57. The maximum atomic E-state index is 12.1. The van der Waals surface area contributed by atoms with Crippen LogP contribution in [0.5, 0.6) is 5.75 Å². The van der Waals surface area contributed by atoms with Crippen molar-refractivity contribution in [3.05, 3.63) is 29.3 Å². The zero-order chi connectivity index (χ0) is 13.2. The molecular weight excluding hydrogens is 232 g/mol. The quantitative estimate of drug-likeness (QED) is 0.765. The monoisotopic (exact) mass is 250 g/mol. The summed E-state index contributed by atoms with van der Waals surface area (Å²) in [6.07, 6.45) is 0. The van der Waals surface area contributed by atoms with Crippen LogP contribution in [0.2, 0.25) is 0 Å². The van der Waals surface area contributed by atoms with Crippen LogP contribution in [-0.2, 0) is 19.7 Å². The van der Waals surface area contributed by atoms with Crippen LogP contribution in [0.1, 0.15) is 18.1 Å². The number of rotatable bonds is 4. The molecule has 0 atom stereocenters. The molecule has 1 saturated heterocycles. The summed E-state index contributed by atoms with van der Waals surface area (Å²) in [7, 11) is 1.63. The average Bonchev–Trinajstić information content (AvgIpc) is 2.28. The largest absolute Gasteiger partial charge is 0.496 e. The molecule has 98 valence electrons. The molecule has 1 aromatic rings. The van der Waals surface area contributed by atoms with E-state index in [4.69, 9.17) is 14.2 Å². The van der Waals surface area contributed by atoms with Crippen molar-refractivity contribution >= 4 is 5.97 Å². The fraction of sp³-hybridized carbons (Fsp3) is 0.500. The molecule has 1 aliphatic rings. The van der Waals surface area contributed by atoms with E-state index in [2.05, 4.69) is 0 Å². The standard InChI is InChI=1S/C14H18O4/c1-4-18-13(15)14(8-17-9-14)11-5-6-12(16-3)10(2)7-11/h5-7H,4,8-9H2,1-3H3. The van der Waals surface area contributed by atoms with Crippen LogP contribution in [0.3, 0.4) is 0 Å². The second-order valence-electron chi connectivity index (χ2n) is 4.48. The van der Waals surface area contributed by atoms with Crippen molar-refractivity contribution in [2.75, 3.05) is 26.9 Å². The van der Waals surface area contributed by atoms with Crippen molar-refractivity contribution in [3.63, 3.8) is 0 Å². The van der Waals surface area contributed by atoms with Crippen LogP contribution in [0, 0.1) is 6.92 Å². The highest BCUT2D eigenvalue weighted by molar-refractivity contribution is 5.85. The first-order valence-corrected chi connectivity index (χ1v) is 6.04. The van der Waals surface area contributed by atoms with E-state index in [0.29, 0.717) is 19.8 Å². The minimum atomic E-state index is -0.632. The lowest BCUT2D eigenvalue weighted by atomic mass is 9.78. The molecule has 0 aromatic heterocycles. The molecule has 0 saturated carbocycles. The first-order chi connectivity index (χ1) is 8.64. The predicted octanol–water partition coefficient (Wildman–Crippen LogP) is 1.83. The number of methoxy groups -OCH3 is 1. The Labute approximate surface area is 107 Å². The van der Waals surface area contributed by atoms with Crippen LogP contribution in [0.4, 0.5) is 0 Å². The summed E-state index contributed by atoms with van der Waals surface area (Å²) >= 11 is 0. The number of hydrogen-bond donors (Lipinski definition) is 0. The molecule has 0 unspecified atom stereocenters. The highest BCUT2D eigenvalue weighted by atomic mass is 16.6. The second kappa shape index (κ2) is 4.98. The van der Waals surface area contributed by atoms with Gasteiger partial charge in [0, 0.05) is 0 Å². The van der Waals surface area contributed by atoms with Gasteiger partial charge in [0.15, 0.2) is 0 Å². The van der Waals surface area contributed by atoms with Gasteiger partial charge in [0.05, 0.1) is 26.9 Å². The molecule has 1 heterocycles. The van der Waals surface area contributed by atoms with Crippen LogP contribution >= 0.6 is 0 Å². The van der Waals surface area contributed by atoms with Gasteiger partial charge in [0.2, 0.25) is 0 Å². The van der Waals surface area contributed by atoms with Gasteiger partial charge in [-0.15, -0.1) is 0 Å². The Bertz CT molecular complexity index is 449. The third-order valence-corrected chi connectivity index (χ3v) is 3.31. The number of carbonyl (C=O) groups is 1. The van der Waals surface area contributed by atoms with Crippen LogP contribution in [-0.4, -0.2) is 32.9 Å². The molecule has 0 radical (unpaired) electrons. The van der Waals surface area contributed by atoms with Gasteiger partial charge >= 0.3 is 5.97 Å². The molecular formula is C14H18O4. The number of esters is 1. The SMILES string of the molecule is CCOC(=O)C1(c2ccc(OC)c(C)c2)COC1. The van der Waals surface area contributed by atoms with Gasteiger partial charge in [-0.3, -0.25) is 4.79 Å². The summed E-state index contributed by atoms with van der Waals surface area (Å²) < 4.78 is 15.6. The predicted molar refractivity (Wildman–Crippen MR) is 66.9 cm³/mol. The molecule has 1 fully saturated rings. The highest BCUT2D eigenvalue weighted by Gasteiger charge is 2.49. The van der Waals surface area contributed by atoms with E-state index in [1.807, 2.05) is 32.0 Å². The molecule has 0 aliphatic carbocycles. The Balaban J connectivity index is 2.33. The molecule has 4 heteroatoms. The molecule has 0 amide bonds. The van der Waals surface area contributed by atoms with Crippen molar-refractivity contribution in [1.29, 1.82) is 0 Å². The summed E-state index contributed by atoms with van der Waals surface area (Å²) in [5.74, 6) is 0.610. The van der Waals surface area contributed by atoms with Gasteiger partial charge in [0.1, 0.15) is 11.2 Å². The van der Waals surface area contributed by atoms with E-state index < -0.39 is 5.41 Å². The summed E-state index contributed by atoms with van der Waals surface area (Å²) in [4.78, 5) is 12.1. The Morgan fingerprint density at radius 3 is 2.61 bits per heavy atom. The molecule has 0 spiro atoms. The molecule has 18 heavy (non-hydrogen) atoms. The van der Waals surface area contributed by atoms with Crippen LogP contribution in [0.25, 0.3) is 0 Å². The normalized spacial score (nSPS) is 16.8. The number of ether oxygens (including phenoxy) is 3. The van der Waals surface area contributed by atoms with E-state index in [9.17, 15) is 4.79 Å². The van der Waals surface area contributed by atoms with Gasteiger partial charge < -0.3 is 14.2 Å². The number of hydrogen-bond acceptors (Lipinski definition) is 4. The van der Waals surface area contributed by atoms with E-state index >= 15 is 0 Å². The molecule has 0 bridgehead atoms. The summed E-state index contributed by atoms with van der Waals surface area (Å²) in [5.41, 5.74) is 1.31. The summed E-state index contributed by atoms with van der Waals surface area (Å²) in [6, 6.07) is 5.76. The fourth-order valence-corrected chi connectivity index (χ4v) is 2.15. The molecule has 1 aromatic carbocycles. The van der Waals surface area contributed by atoms with Crippen molar-refractivity contribution in [2.24, 2.45) is 0 Å². The van der Waals surface area contributed by atoms with Gasteiger partial charge in [0.25, 0.3) is 0 Å². The number of carbonyl (C=O) groups excluding carboxylic acids is 1. The van der Waals surface area contributed by atoms with E-state index in [0.717, 1.165) is 16.9 Å². The van der Waals surface area contributed by atoms with Crippen LogP contribution < -0.4 is 4.74 Å². The topological polar surface area (TPSA) is 44.8 Å². The first-order valence-electron chi connectivity index (χ1n) is 6.04. The summed E-state index contributed by atoms with van der Waals surface area (Å²) in [5, 5.41) is 0. The maximum Gasteiger partial charge on any atom is 0.321 e. The maximum absolute atomic E-state index is 12.1. The Hall–Kier alpha value is -1.55. The van der Waals surface area contributed by atoms with Crippen molar-refractivity contribution in [2.45, 2.75) is 19.3 Å². The van der Waals surface area contributed by atoms with Gasteiger partial charge in [-0.25, -0.2) is 0 Å². The third-order valence-electron chi connectivity index (χ3n) is 3.31. The van der Waals surface area contributed by atoms with Crippen molar-refractivity contribution in [3.8, 4) is 5.75 Å². The van der Waals surface area contributed by atoms with Gasteiger partial charge in [-0.05, 0) is 31.0 Å². The van der Waals surface area contributed by atoms with Crippen LogP contribution in [0.15, 0.2) is 18.2 Å². The zero-order valence-corrected chi connectivity index (χ0v) is 11.0. The lowest BCUT2D eigenvalue weighted by Crippen LogP contribution is -2.53. The first kappa shape index (κ1) is 12.9. The second-order valence-corrected chi connectivity index (χ2v) is 4.48. The van der Waals surface area contributed by atoms with E-state index in [1.54, 1.807) is 7.11 Å². The van der Waals surface area contributed by atoms with Gasteiger partial charge in [-0.1, -0.05) is 12.1 Å². The molecule has 1 aliphatic heterocycles. The third kappa shape index (κ3) is 1.97. The fourth-order valence-electron chi connectivity index (χ4n) is 2.15. The smallest absolute Gasteiger partial charge is 0.321 e. The minimum Gasteiger partial charge on any atom is -0.496 e. The van der Waals surface area contributed by atoms with E-state index in [1.165, 1.54) is 0 Å². The van der Waals surface area contributed by atoms with E-state index in [-0.39, 0.29) is 5.97 Å². The summed E-state index contributed by atoms with van der Waals surface area (Å²) in [6.45, 7) is 4.93. The van der Waals surface area contributed by atoms with Crippen molar-refractivity contribution < 1.29 is 19.0 Å². The lowest BCUT2D eigenvalue weighted by Gasteiger charge is -2.39.